The van der Waals surface area contributed by atoms with Crippen molar-refractivity contribution in [2.75, 3.05) is 0 Å². The van der Waals surface area contributed by atoms with Crippen LogP contribution in [0.5, 0.6) is 0 Å². The Bertz CT molecular complexity index is 891. The summed E-state index contributed by atoms with van der Waals surface area (Å²) in [6, 6.07) is -0.182. The molecule has 3 aromatic rings. The second-order valence-corrected chi connectivity index (χ2v) is 6.50. The van der Waals surface area contributed by atoms with Crippen LogP contribution in [-0.4, -0.2) is 24.3 Å². The summed E-state index contributed by atoms with van der Waals surface area (Å²) in [6.07, 6.45) is 6.36. The molecule has 6 nitrogen and oxygen atoms in total. The van der Waals surface area contributed by atoms with Crippen LogP contribution in [0, 0.1) is 0 Å². The van der Waals surface area contributed by atoms with Gasteiger partial charge >= 0.3 is 0 Å². The van der Waals surface area contributed by atoms with Crippen LogP contribution in [-0.2, 0) is 19.9 Å². The molecule has 0 unspecified atom stereocenters. The molecule has 1 aliphatic rings. The fraction of sp³-hybridized carbons (Fsp3) is 0.429. The van der Waals surface area contributed by atoms with Crippen LogP contribution in [0.15, 0.2) is 17.4 Å². The van der Waals surface area contributed by atoms with Gasteiger partial charge in [-0.1, -0.05) is 0 Å². The highest BCUT2D eigenvalue weighted by atomic mass is 32.1. The number of fused-ring (bicyclic) bond motifs is 3. The Kier molecular flexibility index (Phi) is 2.72. The minimum atomic E-state index is -0.182. The van der Waals surface area contributed by atoms with E-state index in [1.165, 1.54) is 16.8 Å². The quantitative estimate of drug-likeness (QED) is 0.722. The van der Waals surface area contributed by atoms with Crippen LogP contribution in [0.2, 0.25) is 0 Å². The molecule has 0 saturated heterocycles. The zero-order valence-electron chi connectivity index (χ0n) is 11.9. The molecule has 0 N–H and O–H groups in total. The summed E-state index contributed by atoms with van der Waals surface area (Å²) in [5.41, 5.74) is 1.25. The van der Waals surface area contributed by atoms with Gasteiger partial charge in [0.15, 0.2) is 0 Å². The highest BCUT2D eigenvalue weighted by Crippen LogP contribution is 2.34. The molecule has 108 valence electrons. The molecule has 3 aromatic heterocycles. The van der Waals surface area contributed by atoms with E-state index in [2.05, 4.69) is 15.1 Å². The van der Waals surface area contributed by atoms with E-state index >= 15 is 0 Å². The van der Waals surface area contributed by atoms with E-state index in [-0.39, 0.29) is 11.6 Å². The lowest BCUT2D eigenvalue weighted by Gasteiger charge is -2.13. The lowest BCUT2D eigenvalue weighted by molar-refractivity contribution is 0.539. The Hall–Kier alpha value is -2.02. The first-order valence-electron chi connectivity index (χ1n) is 7.02. The van der Waals surface area contributed by atoms with Gasteiger partial charge in [-0.15, -0.1) is 11.3 Å². The highest BCUT2D eigenvalue weighted by molar-refractivity contribution is 7.18. The molecule has 1 atom stereocenters. The summed E-state index contributed by atoms with van der Waals surface area (Å²) >= 11 is 1.66. The summed E-state index contributed by atoms with van der Waals surface area (Å²) in [5, 5.41) is 4.88. The number of aromatic nitrogens is 5. The van der Waals surface area contributed by atoms with Gasteiger partial charge in [-0.3, -0.25) is 14.0 Å². The molecule has 7 heteroatoms. The third-order valence-electron chi connectivity index (χ3n) is 4.19. The van der Waals surface area contributed by atoms with E-state index in [0.717, 1.165) is 35.3 Å². The summed E-state index contributed by atoms with van der Waals surface area (Å²) in [6.45, 7) is 1.95. The number of nitrogens with zero attached hydrogens (tertiary/aromatic N) is 5. The van der Waals surface area contributed by atoms with Crippen molar-refractivity contribution in [3.05, 3.63) is 39.3 Å². The predicted octanol–water partition coefficient (Wildman–Crippen LogP) is 1.68. The molecular formula is C14H15N5OS. The van der Waals surface area contributed by atoms with E-state index < -0.39 is 0 Å². The molecule has 0 amide bonds. The largest absolute Gasteiger partial charge is 0.288 e. The van der Waals surface area contributed by atoms with E-state index in [9.17, 15) is 4.79 Å². The van der Waals surface area contributed by atoms with Gasteiger partial charge in [0.05, 0.1) is 17.8 Å². The lowest BCUT2D eigenvalue weighted by Crippen LogP contribution is -2.26. The van der Waals surface area contributed by atoms with Crippen LogP contribution in [0.1, 0.15) is 35.7 Å². The van der Waals surface area contributed by atoms with Crippen molar-refractivity contribution in [2.24, 2.45) is 7.05 Å². The standard InChI is InChI=1S/C14H15N5OS/c1-8(12-15-6-17-18(12)2)19-7-16-13-11(14(19)20)9-4-3-5-10(9)21-13/h6-8H,3-5H2,1-2H3/t8-/m1/s1. The maximum Gasteiger partial charge on any atom is 0.263 e. The van der Waals surface area contributed by atoms with Gasteiger partial charge in [-0.25, -0.2) is 9.97 Å². The van der Waals surface area contributed by atoms with Crippen LogP contribution < -0.4 is 5.56 Å². The van der Waals surface area contributed by atoms with Crippen molar-refractivity contribution in [1.82, 2.24) is 24.3 Å². The summed E-state index contributed by atoms with van der Waals surface area (Å²) in [5.74, 6) is 0.755. The van der Waals surface area contributed by atoms with Crippen molar-refractivity contribution in [2.45, 2.75) is 32.2 Å². The van der Waals surface area contributed by atoms with Crippen molar-refractivity contribution >= 4 is 21.6 Å². The van der Waals surface area contributed by atoms with Crippen molar-refractivity contribution < 1.29 is 0 Å². The third kappa shape index (κ3) is 1.77. The molecule has 0 aliphatic heterocycles. The first kappa shape index (κ1) is 12.7. The van der Waals surface area contributed by atoms with E-state index in [1.54, 1.807) is 26.9 Å². The maximum atomic E-state index is 12.9. The fourth-order valence-corrected chi connectivity index (χ4v) is 4.30. The summed E-state index contributed by atoms with van der Waals surface area (Å²) in [7, 11) is 1.83. The van der Waals surface area contributed by atoms with Gasteiger partial charge < -0.3 is 0 Å². The number of hydrogen-bond donors (Lipinski definition) is 0. The number of hydrogen-bond acceptors (Lipinski definition) is 5. The number of aryl methyl sites for hydroxylation is 3. The molecule has 3 heterocycles. The van der Waals surface area contributed by atoms with E-state index in [0.29, 0.717) is 0 Å². The number of rotatable bonds is 2. The van der Waals surface area contributed by atoms with Crippen molar-refractivity contribution in [3.8, 4) is 0 Å². The van der Waals surface area contributed by atoms with Crippen LogP contribution >= 0.6 is 11.3 Å². The molecule has 0 saturated carbocycles. The molecule has 0 aromatic carbocycles. The Balaban J connectivity index is 1.92. The molecule has 0 fully saturated rings. The average molecular weight is 301 g/mol. The zero-order valence-corrected chi connectivity index (χ0v) is 12.7. The van der Waals surface area contributed by atoms with Gasteiger partial charge in [0, 0.05) is 11.9 Å². The van der Waals surface area contributed by atoms with Crippen LogP contribution in [0.25, 0.3) is 10.2 Å². The molecule has 0 spiro atoms. The minimum absolute atomic E-state index is 0.0369. The van der Waals surface area contributed by atoms with Gasteiger partial charge in [0.25, 0.3) is 5.56 Å². The monoisotopic (exact) mass is 301 g/mol. The highest BCUT2D eigenvalue weighted by Gasteiger charge is 2.23. The van der Waals surface area contributed by atoms with E-state index in [1.807, 2.05) is 14.0 Å². The lowest BCUT2D eigenvalue weighted by atomic mass is 10.2. The molecule has 21 heavy (non-hydrogen) atoms. The molecular weight excluding hydrogens is 286 g/mol. The first-order valence-corrected chi connectivity index (χ1v) is 7.83. The van der Waals surface area contributed by atoms with Crippen LogP contribution in [0.3, 0.4) is 0 Å². The zero-order chi connectivity index (χ0) is 14.6. The van der Waals surface area contributed by atoms with Gasteiger partial charge in [-0.05, 0) is 31.7 Å². The second kappa shape index (κ2) is 4.49. The van der Waals surface area contributed by atoms with Crippen LogP contribution in [0.4, 0.5) is 0 Å². The summed E-state index contributed by atoms with van der Waals surface area (Å²) < 4.78 is 3.36. The number of thiophene rings is 1. The molecule has 0 bridgehead atoms. The van der Waals surface area contributed by atoms with Gasteiger partial charge in [0.2, 0.25) is 0 Å². The molecule has 0 radical (unpaired) electrons. The third-order valence-corrected chi connectivity index (χ3v) is 5.39. The maximum absolute atomic E-state index is 12.9. The average Bonchev–Trinajstić information content (AvgIpc) is 3.13. The Labute approximate surface area is 125 Å². The Morgan fingerprint density at radius 2 is 2.19 bits per heavy atom. The molecule has 1 aliphatic carbocycles. The first-order chi connectivity index (χ1) is 10.2. The van der Waals surface area contributed by atoms with Crippen molar-refractivity contribution in [1.29, 1.82) is 0 Å². The fourth-order valence-electron chi connectivity index (χ4n) is 3.08. The summed E-state index contributed by atoms with van der Waals surface area (Å²) in [4.78, 5) is 23.8. The smallest absolute Gasteiger partial charge is 0.263 e. The van der Waals surface area contributed by atoms with Crippen molar-refractivity contribution in [3.63, 3.8) is 0 Å². The topological polar surface area (TPSA) is 65.6 Å². The predicted molar refractivity (Wildman–Crippen MR) is 80.7 cm³/mol. The SMILES string of the molecule is C[C@H](c1ncnn1C)n1cnc2sc3c(c2c1=O)CCC3. The Morgan fingerprint density at radius 1 is 1.33 bits per heavy atom. The Morgan fingerprint density at radius 3 is 2.95 bits per heavy atom. The molecule has 4 rings (SSSR count). The van der Waals surface area contributed by atoms with Gasteiger partial charge in [-0.2, -0.15) is 5.10 Å². The normalized spacial score (nSPS) is 15.5. The van der Waals surface area contributed by atoms with E-state index in [4.69, 9.17) is 0 Å². The minimum Gasteiger partial charge on any atom is -0.288 e. The van der Waals surface area contributed by atoms with Gasteiger partial charge in [0.1, 0.15) is 17.0 Å². The second-order valence-electron chi connectivity index (χ2n) is 5.41.